The van der Waals surface area contributed by atoms with Crippen molar-refractivity contribution < 1.29 is 22.7 Å². The SMILES string of the molecule is COC(=O)C(Br)CNCc1cccc(C(F)(F)F)c1. The van der Waals surface area contributed by atoms with Crippen molar-refractivity contribution in [2.24, 2.45) is 0 Å². The normalized spacial score (nSPS) is 13.1. The van der Waals surface area contributed by atoms with Gasteiger partial charge in [0.25, 0.3) is 0 Å². The van der Waals surface area contributed by atoms with Gasteiger partial charge in [0.15, 0.2) is 0 Å². The predicted molar refractivity (Wildman–Crippen MR) is 67.9 cm³/mol. The molecule has 7 heteroatoms. The predicted octanol–water partition coefficient (Wildman–Crippen LogP) is 2.73. The number of carbonyl (C=O) groups is 1. The van der Waals surface area contributed by atoms with Gasteiger partial charge in [-0.25, -0.2) is 0 Å². The largest absolute Gasteiger partial charge is 0.468 e. The van der Waals surface area contributed by atoms with E-state index in [1.807, 2.05) is 0 Å². The molecule has 0 aliphatic rings. The first kappa shape index (κ1) is 16.0. The summed E-state index contributed by atoms with van der Waals surface area (Å²) in [6.45, 7) is 0.506. The van der Waals surface area contributed by atoms with Gasteiger partial charge >= 0.3 is 12.1 Å². The van der Waals surface area contributed by atoms with Crippen LogP contribution in [0.25, 0.3) is 0 Å². The van der Waals surface area contributed by atoms with E-state index < -0.39 is 22.5 Å². The van der Waals surface area contributed by atoms with Crippen LogP contribution in [0.1, 0.15) is 11.1 Å². The van der Waals surface area contributed by atoms with Gasteiger partial charge in [0.1, 0.15) is 4.83 Å². The third-order valence-corrected chi connectivity index (χ3v) is 3.06. The van der Waals surface area contributed by atoms with Crippen molar-refractivity contribution in [2.45, 2.75) is 17.5 Å². The van der Waals surface area contributed by atoms with Gasteiger partial charge in [0, 0.05) is 13.1 Å². The lowest BCUT2D eigenvalue weighted by Crippen LogP contribution is -2.29. The van der Waals surface area contributed by atoms with Crippen molar-refractivity contribution in [2.75, 3.05) is 13.7 Å². The van der Waals surface area contributed by atoms with Crippen LogP contribution in [0, 0.1) is 0 Å². The summed E-state index contributed by atoms with van der Waals surface area (Å²) in [5.41, 5.74) is -0.186. The van der Waals surface area contributed by atoms with Crippen molar-refractivity contribution in [3.8, 4) is 0 Å². The maximum absolute atomic E-state index is 12.5. The van der Waals surface area contributed by atoms with E-state index in [2.05, 4.69) is 26.0 Å². The molecule has 0 saturated carbocycles. The van der Waals surface area contributed by atoms with Gasteiger partial charge in [-0.2, -0.15) is 13.2 Å². The van der Waals surface area contributed by atoms with Crippen LogP contribution in [0.2, 0.25) is 0 Å². The van der Waals surface area contributed by atoms with Crippen molar-refractivity contribution in [1.82, 2.24) is 5.32 Å². The van der Waals surface area contributed by atoms with Gasteiger partial charge in [0.2, 0.25) is 0 Å². The molecular formula is C12H13BrF3NO2. The molecule has 0 aliphatic carbocycles. The lowest BCUT2D eigenvalue weighted by atomic mass is 10.1. The van der Waals surface area contributed by atoms with Gasteiger partial charge in [-0.05, 0) is 11.6 Å². The second kappa shape index (κ2) is 6.91. The number of benzene rings is 1. The zero-order chi connectivity index (χ0) is 14.5. The molecule has 0 fully saturated rings. The number of rotatable bonds is 5. The molecule has 1 aromatic rings. The van der Waals surface area contributed by atoms with Gasteiger partial charge in [0.05, 0.1) is 12.7 Å². The third-order valence-electron chi connectivity index (χ3n) is 2.36. The van der Waals surface area contributed by atoms with Crippen molar-refractivity contribution in [1.29, 1.82) is 0 Å². The Morgan fingerprint density at radius 3 is 2.74 bits per heavy atom. The first-order chi connectivity index (χ1) is 8.84. The van der Waals surface area contributed by atoms with Gasteiger partial charge in [-0.3, -0.25) is 4.79 Å². The minimum absolute atomic E-state index is 0.239. The Morgan fingerprint density at radius 1 is 1.47 bits per heavy atom. The smallest absolute Gasteiger partial charge is 0.416 e. The van der Waals surface area contributed by atoms with Crippen LogP contribution < -0.4 is 5.32 Å². The molecule has 1 unspecified atom stereocenters. The van der Waals surface area contributed by atoms with E-state index in [0.29, 0.717) is 5.56 Å². The molecule has 0 spiro atoms. The van der Waals surface area contributed by atoms with Crippen LogP contribution in [0.4, 0.5) is 13.2 Å². The average molecular weight is 340 g/mol. The van der Waals surface area contributed by atoms with Crippen LogP contribution in [-0.2, 0) is 22.3 Å². The minimum atomic E-state index is -4.35. The van der Waals surface area contributed by atoms with Crippen LogP contribution >= 0.6 is 15.9 Å². The number of halogens is 4. The Balaban J connectivity index is 2.53. The van der Waals surface area contributed by atoms with E-state index in [1.54, 1.807) is 6.07 Å². The molecule has 3 nitrogen and oxygen atoms in total. The number of hydrogen-bond donors (Lipinski definition) is 1. The second-order valence-electron chi connectivity index (χ2n) is 3.82. The van der Waals surface area contributed by atoms with Crippen molar-refractivity contribution >= 4 is 21.9 Å². The van der Waals surface area contributed by atoms with E-state index in [0.717, 1.165) is 12.1 Å². The van der Waals surface area contributed by atoms with Crippen LogP contribution in [0.3, 0.4) is 0 Å². The summed E-state index contributed by atoms with van der Waals surface area (Å²) in [6, 6.07) is 5.04. The van der Waals surface area contributed by atoms with Gasteiger partial charge in [-0.15, -0.1) is 0 Å². The summed E-state index contributed by atoms with van der Waals surface area (Å²) in [5, 5.41) is 2.88. The topological polar surface area (TPSA) is 38.3 Å². The fourth-order valence-electron chi connectivity index (χ4n) is 1.41. The van der Waals surface area contributed by atoms with Gasteiger partial charge in [-0.1, -0.05) is 34.1 Å². The Labute approximate surface area is 117 Å². The second-order valence-corrected chi connectivity index (χ2v) is 4.93. The monoisotopic (exact) mass is 339 g/mol. The summed E-state index contributed by atoms with van der Waals surface area (Å²) >= 11 is 3.11. The number of nitrogens with one attached hydrogen (secondary N) is 1. The summed E-state index contributed by atoms with van der Waals surface area (Å²) < 4.78 is 41.9. The molecular weight excluding hydrogens is 327 g/mol. The zero-order valence-corrected chi connectivity index (χ0v) is 11.7. The highest BCUT2D eigenvalue weighted by Crippen LogP contribution is 2.29. The molecule has 1 aromatic carbocycles. The maximum Gasteiger partial charge on any atom is 0.416 e. The Morgan fingerprint density at radius 2 is 2.16 bits per heavy atom. The molecule has 0 aliphatic heterocycles. The maximum atomic E-state index is 12.5. The molecule has 1 atom stereocenters. The fraction of sp³-hybridized carbons (Fsp3) is 0.417. The molecule has 0 aromatic heterocycles. The molecule has 0 amide bonds. The van der Waals surface area contributed by atoms with E-state index >= 15 is 0 Å². The highest BCUT2D eigenvalue weighted by molar-refractivity contribution is 9.10. The van der Waals surface area contributed by atoms with E-state index in [4.69, 9.17) is 0 Å². The molecule has 106 valence electrons. The summed E-state index contributed by atoms with van der Waals surface area (Å²) in [6.07, 6.45) is -4.35. The fourth-order valence-corrected chi connectivity index (χ4v) is 1.83. The van der Waals surface area contributed by atoms with E-state index in [-0.39, 0.29) is 13.1 Å². The number of methoxy groups -OCH3 is 1. The van der Waals surface area contributed by atoms with Crippen LogP contribution in [0.15, 0.2) is 24.3 Å². The van der Waals surface area contributed by atoms with E-state index in [1.165, 1.54) is 13.2 Å². The Kier molecular flexibility index (Phi) is 5.81. The zero-order valence-electron chi connectivity index (χ0n) is 10.1. The lowest BCUT2D eigenvalue weighted by Gasteiger charge is -2.11. The van der Waals surface area contributed by atoms with E-state index in [9.17, 15) is 18.0 Å². The first-order valence-electron chi connectivity index (χ1n) is 5.43. The van der Waals surface area contributed by atoms with Crippen molar-refractivity contribution in [3.63, 3.8) is 0 Å². The molecule has 19 heavy (non-hydrogen) atoms. The number of esters is 1. The quantitative estimate of drug-likeness (QED) is 0.662. The lowest BCUT2D eigenvalue weighted by molar-refractivity contribution is -0.139. The number of ether oxygens (including phenoxy) is 1. The van der Waals surface area contributed by atoms with Crippen LogP contribution in [-0.4, -0.2) is 24.5 Å². The number of carbonyl (C=O) groups excluding carboxylic acids is 1. The average Bonchev–Trinajstić information content (AvgIpc) is 2.37. The van der Waals surface area contributed by atoms with Crippen molar-refractivity contribution in [3.05, 3.63) is 35.4 Å². The molecule has 0 heterocycles. The third kappa shape index (κ3) is 5.20. The van der Waals surface area contributed by atoms with Gasteiger partial charge < -0.3 is 10.1 Å². The summed E-state index contributed by atoms with van der Waals surface area (Å²) in [4.78, 5) is 10.6. The Bertz CT molecular complexity index is 437. The highest BCUT2D eigenvalue weighted by Gasteiger charge is 2.30. The Hall–Kier alpha value is -1.08. The minimum Gasteiger partial charge on any atom is -0.468 e. The molecule has 0 saturated heterocycles. The van der Waals surface area contributed by atoms with Crippen LogP contribution in [0.5, 0.6) is 0 Å². The molecule has 0 bridgehead atoms. The summed E-state index contributed by atoms with van der Waals surface area (Å²) in [7, 11) is 1.27. The number of alkyl halides is 4. The highest BCUT2D eigenvalue weighted by atomic mass is 79.9. The standard InChI is InChI=1S/C12H13BrF3NO2/c1-19-11(18)10(13)7-17-6-8-3-2-4-9(5-8)12(14,15)16/h2-5,10,17H,6-7H2,1H3. The first-order valence-corrected chi connectivity index (χ1v) is 6.35. The molecule has 1 N–H and O–H groups in total. The summed E-state index contributed by atoms with van der Waals surface area (Å²) in [5.74, 6) is -0.434. The number of hydrogen-bond acceptors (Lipinski definition) is 3. The molecule has 0 radical (unpaired) electrons. The molecule has 1 rings (SSSR count).